The molecular formula is C13H18BrClN2O3S. The van der Waals surface area contributed by atoms with Gasteiger partial charge in [0.05, 0.1) is 15.5 Å². The number of anilines is 1. The maximum absolute atomic E-state index is 12.7. The van der Waals surface area contributed by atoms with Gasteiger partial charge >= 0.3 is 0 Å². The van der Waals surface area contributed by atoms with Crippen molar-refractivity contribution in [3.63, 3.8) is 0 Å². The number of rotatable bonds is 4. The molecule has 1 aliphatic rings. The Hall–Kier alpha value is -0.340. The van der Waals surface area contributed by atoms with Crippen molar-refractivity contribution in [2.45, 2.75) is 30.8 Å². The topological polar surface area (TPSA) is 72.6 Å². The summed E-state index contributed by atoms with van der Waals surface area (Å²) in [4.78, 5) is 0.113. The summed E-state index contributed by atoms with van der Waals surface area (Å²) in [5.41, 5.74) is 6.09. The fourth-order valence-electron chi connectivity index (χ4n) is 2.39. The molecule has 0 aliphatic carbocycles. The van der Waals surface area contributed by atoms with E-state index in [0.717, 1.165) is 0 Å². The van der Waals surface area contributed by atoms with Gasteiger partial charge in [0.15, 0.2) is 0 Å². The molecule has 2 rings (SSSR count). The summed E-state index contributed by atoms with van der Waals surface area (Å²) in [6.45, 7) is 3.46. The maximum Gasteiger partial charge on any atom is 0.244 e. The molecule has 8 heteroatoms. The van der Waals surface area contributed by atoms with Crippen molar-refractivity contribution >= 4 is 43.2 Å². The van der Waals surface area contributed by atoms with Gasteiger partial charge in [0.1, 0.15) is 0 Å². The van der Waals surface area contributed by atoms with E-state index < -0.39 is 10.0 Å². The smallest absolute Gasteiger partial charge is 0.244 e. The summed E-state index contributed by atoms with van der Waals surface area (Å²) >= 11 is 9.17. The van der Waals surface area contributed by atoms with E-state index >= 15 is 0 Å². The lowest BCUT2D eigenvalue weighted by Crippen LogP contribution is -2.41. The third-order valence-corrected chi connectivity index (χ3v) is 6.74. The quantitative estimate of drug-likeness (QED) is 0.793. The van der Waals surface area contributed by atoms with Crippen LogP contribution < -0.4 is 5.73 Å². The van der Waals surface area contributed by atoms with Crippen LogP contribution in [0, 0.1) is 0 Å². The van der Waals surface area contributed by atoms with E-state index in [0.29, 0.717) is 47.7 Å². The second-order valence-electron chi connectivity index (χ2n) is 4.87. The zero-order valence-electron chi connectivity index (χ0n) is 11.7. The average molecular weight is 398 g/mol. The van der Waals surface area contributed by atoms with Crippen LogP contribution in [0.2, 0.25) is 5.02 Å². The predicted octanol–water partition coefficient (Wildman–Crippen LogP) is 2.87. The van der Waals surface area contributed by atoms with Crippen molar-refractivity contribution in [3.05, 3.63) is 21.6 Å². The van der Waals surface area contributed by atoms with Gasteiger partial charge in [-0.25, -0.2) is 8.42 Å². The van der Waals surface area contributed by atoms with Gasteiger partial charge in [-0.15, -0.1) is 0 Å². The number of sulfonamides is 1. The minimum absolute atomic E-state index is 0.113. The van der Waals surface area contributed by atoms with Crippen LogP contribution in [0.5, 0.6) is 0 Å². The highest BCUT2D eigenvalue weighted by molar-refractivity contribution is 9.10. The molecule has 21 heavy (non-hydrogen) atoms. The number of nitrogens with two attached hydrogens (primary N) is 1. The molecule has 0 atom stereocenters. The molecule has 1 saturated heterocycles. The molecule has 0 radical (unpaired) electrons. The van der Waals surface area contributed by atoms with Crippen LogP contribution in [0.25, 0.3) is 0 Å². The zero-order valence-corrected chi connectivity index (χ0v) is 14.8. The van der Waals surface area contributed by atoms with Crippen LogP contribution in [0.1, 0.15) is 19.8 Å². The standard InChI is InChI=1S/C13H18BrClN2O3S/c1-2-20-10-3-5-17(6-4-10)21(18,19)12-8-9(15)7-11(16)13(12)14/h7-8,10H,2-6,16H2,1H3. The van der Waals surface area contributed by atoms with Crippen LogP contribution in [-0.4, -0.2) is 38.5 Å². The first-order valence-electron chi connectivity index (χ1n) is 6.72. The Morgan fingerprint density at radius 1 is 1.43 bits per heavy atom. The van der Waals surface area contributed by atoms with Crippen molar-refractivity contribution < 1.29 is 13.2 Å². The van der Waals surface area contributed by atoms with Gasteiger partial charge in [-0.3, -0.25) is 0 Å². The monoisotopic (exact) mass is 396 g/mol. The lowest BCUT2D eigenvalue weighted by atomic mass is 10.1. The Morgan fingerprint density at radius 3 is 2.62 bits per heavy atom. The average Bonchev–Trinajstić information content (AvgIpc) is 2.43. The molecule has 1 aromatic rings. The van der Waals surface area contributed by atoms with Crippen LogP contribution >= 0.6 is 27.5 Å². The maximum atomic E-state index is 12.7. The third-order valence-electron chi connectivity index (χ3n) is 3.45. The number of hydrogen-bond donors (Lipinski definition) is 1. The second kappa shape index (κ2) is 6.83. The predicted molar refractivity (Wildman–Crippen MR) is 87.0 cm³/mol. The molecule has 0 unspecified atom stereocenters. The molecule has 0 amide bonds. The van der Waals surface area contributed by atoms with Gasteiger partial charge in [0, 0.05) is 30.4 Å². The largest absolute Gasteiger partial charge is 0.398 e. The highest BCUT2D eigenvalue weighted by atomic mass is 79.9. The van der Waals surface area contributed by atoms with E-state index in [2.05, 4.69) is 15.9 Å². The van der Waals surface area contributed by atoms with E-state index in [1.165, 1.54) is 16.4 Å². The molecule has 5 nitrogen and oxygen atoms in total. The SMILES string of the molecule is CCOC1CCN(S(=O)(=O)c2cc(Cl)cc(N)c2Br)CC1. The molecule has 1 aromatic carbocycles. The molecule has 2 N–H and O–H groups in total. The van der Waals surface area contributed by atoms with Crippen LogP contribution in [0.15, 0.2) is 21.5 Å². The summed E-state index contributed by atoms with van der Waals surface area (Å²) in [5.74, 6) is 0. The van der Waals surface area contributed by atoms with Crippen LogP contribution in [-0.2, 0) is 14.8 Å². The Morgan fingerprint density at radius 2 is 2.05 bits per heavy atom. The van der Waals surface area contributed by atoms with Crippen LogP contribution in [0.4, 0.5) is 5.69 Å². The Kier molecular flexibility index (Phi) is 5.54. The van der Waals surface area contributed by atoms with E-state index in [9.17, 15) is 8.42 Å². The number of nitrogens with zero attached hydrogens (tertiary/aromatic N) is 1. The molecule has 0 bridgehead atoms. The fraction of sp³-hybridized carbons (Fsp3) is 0.538. The molecule has 1 heterocycles. The Bertz CT molecular complexity index is 616. The number of nitrogen functional groups attached to an aromatic ring is 1. The highest BCUT2D eigenvalue weighted by Crippen LogP contribution is 2.34. The van der Waals surface area contributed by atoms with Crippen molar-refractivity contribution in [1.29, 1.82) is 0 Å². The summed E-state index contributed by atoms with van der Waals surface area (Å²) in [7, 11) is -3.61. The third kappa shape index (κ3) is 3.71. The number of piperidine rings is 1. The molecule has 118 valence electrons. The number of hydrogen-bond acceptors (Lipinski definition) is 4. The first kappa shape index (κ1) is 17.0. The summed E-state index contributed by atoms with van der Waals surface area (Å²) in [6.07, 6.45) is 1.52. The van der Waals surface area contributed by atoms with Crippen molar-refractivity contribution in [2.75, 3.05) is 25.4 Å². The highest BCUT2D eigenvalue weighted by Gasteiger charge is 2.31. The summed E-state index contributed by atoms with van der Waals surface area (Å²) < 4.78 is 32.8. The van der Waals surface area contributed by atoms with Gasteiger partial charge in [0.2, 0.25) is 10.0 Å². The first-order chi connectivity index (χ1) is 9.86. The number of halogens is 2. The summed E-state index contributed by atoms with van der Waals surface area (Å²) in [5, 5.41) is 0.304. The molecule has 1 fully saturated rings. The Labute approximate surface area is 138 Å². The van der Waals surface area contributed by atoms with E-state index in [4.69, 9.17) is 22.1 Å². The van der Waals surface area contributed by atoms with Gasteiger partial charge in [-0.2, -0.15) is 4.31 Å². The van der Waals surface area contributed by atoms with E-state index in [1.807, 2.05) is 6.92 Å². The van der Waals surface area contributed by atoms with Gasteiger partial charge in [-0.05, 0) is 47.8 Å². The van der Waals surface area contributed by atoms with Gasteiger partial charge in [-0.1, -0.05) is 11.6 Å². The van der Waals surface area contributed by atoms with Gasteiger partial charge < -0.3 is 10.5 Å². The zero-order chi connectivity index (χ0) is 15.6. The molecule has 0 spiro atoms. The molecule has 1 aliphatic heterocycles. The van der Waals surface area contributed by atoms with Gasteiger partial charge in [0.25, 0.3) is 0 Å². The number of ether oxygens (including phenoxy) is 1. The first-order valence-corrected chi connectivity index (χ1v) is 9.33. The van der Waals surface area contributed by atoms with Crippen molar-refractivity contribution in [1.82, 2.24) is 4.31 Å². The molecular weight excluding hydrogens is 380 g/mol. The molecule has 0 aromatic heterocycles. The second-order valence-corrected chi connectivity index (χ2v) is 8.00. The normalized spacial score (nSPS) is 18.0. The fourth-order valence-corrected chi connectivity index (χ4v) is 5.11. The van der Waals surface area contributed by atoms with E-state index in [-0.39, 0.29) is 11.0 Å². The minimum Gasteiger partial charge on any atom is -0.398 e. The molecule has 0 saturated carbocycles. The number of benzene rings is 1. The lowest BCUT2D eigenvalue weighted by molar-refractivity contribution is 0.0290. The van der Waals surface area contributed by atoms with Crippen molar-refractivity contribution in [2.24, 2.45) is 0 Å². The van der Waals surface area contributed by atoms with Crippen LogP contribution in [0.3, 0.4) is 0 Å². The van der Waals surface area contributed by atoms with E-state index in [1.54, 1.807) is 0 Å². The minimum atomic E-state index is -3.61. The Balaban J connectivity index is 2.24. The van der Waals surface area contributed by atoms with Crippen molar-refractivity contribution in [3.8, 4) is 0 Å². The summed E-state index contributed by atoms with van der Waals surface area (Å²) in [6, 6.07) is 2.94. The lowest BCUT2D eigenvalue weighted by Gasteiger charge is -2.31.